The van der Waals surface area contributed by atoms with Crippen LogP contribution in [0.15, 0.2) is 42.5 Å². The van der Waals surface area contributed by atoms with E-state index in [0.29, 0.717) is 52.5 Å². The number of hydrogen-bond acceptors (Lipinski definition) is 7. The van der Waals surface area contributed by atoms with Crippen LogP contribution in [0.5, 0.6) is 23.4 Å². The minimum atomic E-state index is -0.229. The van der Waals surface area contributed by atoms with Crippen LogP contribution in [-0.2, 0) is 0 Å². The van der Waals surface area contributed by atoms with Crippen molar-refractivity contribution in [3.05, 3.63) is 65.0 Å². The van der Waals surface area contributed by atoms with Crippen molar-refractivity contribution in [2.24, 2.45) is 5.73 Å². The number of amides is 2. The summed E-state index contributed by atoms with van der Waals surface area (Å²) in [5, 5.41) is 5.80. The number of ether oxygens (including phenoxy) is 2. The van der Waals surface area contributed by atoms with E-state index in [-0.39, 0.29) is 35.3 Å². The fourth-order valence-electron chi connectivity index (χ4n) is 3.89. The fourth-order valence-corrected chi connectivity index (χ4v) is 3.89. The van der Waals surface area contributed by atoms with Gasteiger partial charge in [-0.05, 0) is 57.2 Å². The van der Waals surface area contributed by atoms with Crippen molar-refractivity contribution in [3.63, 3.8) is 0 Å². The van der Waals surface area contributed by atoms with Crippen LogP contribution in [0.2, 0.25) is 0 Å². The van der Waals surface area contributed by atoms with Crippen molar-refractivity contribution in [1.29, 1.82) is 0 Å². The first-order chi connectivity index (χ1) is 18.6. The Labute approximate surface area is 225 Å². The number of nitrogens with one attached hydrogen (secondary N) is 1. The molecule has 4 aromatic rings. The lowest BCUT2D eigenvalue weighted by atomic mass is 10.1. The van der Waals surface area contributed by atoms with Crippen LogP contribution in [0.25, 0.3) is 11.2 Å². The summed E-state index contributed by atoms with van der Waals surface area (Å²) >= 11 is 0. The first-order valence-corrected chi connectivity index (χ1v) is 12.3. The first kappa shape index (κ1) is 27.0. The highest BCUT2D eigenvalue weighted by Crippen LogP contribution is 2.32. The fraction of sp³-hybridized carbons (Fsp3) is 0.259. The highest BCUT2D eigenvalue weighted by Gasteiger charge is 2.22. The zero-order chi connectivity index (χ0) is 28.3. The molecule has 0 spiro atoms. The number of nitrogens with zero attached hydrogens (tertiary/aromatic N) is 5. The molecule has 0 unspecified atom stereocenters. The molecule has 0 atom stereocenters. The van der Waals surface area contributed by atoms with Gasteiger partial charge in [0.1, 0.15) is 22.8 Å². The summed E-state index contributed by atoms with van der Waals surface area (Å²) in [6.07, 6.45) is 0. The lowest BCUT2D eigenvalue weighted by molar-refractivity contribution is -0.114. The Morgan fingerprint density at radius 2 is 1.72 bits per heavy atom. The van der Waals surface area contributed by atoms with Crippen LogP contribution in [0.3, 0.4) is 0 Å². The van der Waals surface area contributed by atoms with E-state index in [1.165, 1.54) is 4.90 Å². The smallest absolute Gasteiger partial charge is 0.327 e. The van der Waals surface area contributed by atoms with E-state index in [9.17, 15) is 9.59 Å². The minimum absolute atomic E-state index is 0.0668. The van der Waals surface area contributed by atoms with Crippen molar-refractivity contribution >= 4 is 28.8 Å². The average molecular weight is 532 g/mol. The van der Waals surface area contributed by atoms with E-state index in [4.69, 9.17) is 20.6 Å². The molecule has 39 heavy (non-hydrogen) atoms. The van der Waals surface area contributed by atoms with Gasteiger partial charge in [0, 0.05) is 32.7 Å². The van der Waals surface area contributed by atoms with Gasteiger partial charge in [-0.25, -0.2) is 4.98 Å². The third-order valence-corrected chi connectivity index (χ3v) is 5.91. The van der Waals surface area contributed by atoms with E-state index >= 15 is 0 Å². The molecule has 2 aromatic heterocycles. The zero-order valence-electron chi connectivity index (χ0n) is 22.5. The molecular formula is C27H31N8O4+. The summed E-state index contributed by atoms with van der Waals surface area (Å²) in [7, 11) is 3.34. The van der Waals surface area contributed by atoms with Gasteiger partial charge in [-0.15, -0.1) is 0 Å². The maximum absolute atomic E-state index is 13.2. The number of carbonyl (C=O) groups excluding carboxylic acids is 2. The lowest BCUT2D eigenvalue weighted by Gasteiger charge is -2.20. The van der Waals surface area contributed by atoms with Crippen molar-refractivity contribution in [3.8, 4) is 23.4 Å². The third kappa shape index (κ3) is 5.79. The van der Waals surface area contributed by atoms with Crippen molar-refractivity contribution in [1.82, 2.24) is 29.7 Å². The SMILES string of the molecule is CCN(CC)C(=O)c1ccc(C(N)=[NH2+])cc1Oc1nc(Oc2cccc(C(=O)N(C)C)c2)c2[nH]c(C)nc2n1. The number of nitrogens with two attached hydrogens (primary N) is 2. The lowest BCUT2D eigenvalue weighted by Crippen LogP contribution is -2.46. The van der Waals surface area contributed by atoms with E-state index in [0.717, 1.165) is 0 Å². The number of fused-ring (bicyclic) bond motifs is 1. The third-order valence-electron chi connectivity index (χ3n) is 5.91. The Balaban J connectivity index is 1.77. The Kier molecular flexibility index (Phi) is 7.75. The predicted molar refractivity (Wildman–Crippen MR) is 145 cm³/mol. The number of rotatable bonds is 9. The van der Waals surface area contributed by atoms with Crippen LogP contribution in [0.4, 0.5) is 0 Å². The van der Waals surface area contributed by atoms with E-state index in [1.807, 2.05) is 13.8 Å². The van der Waals surface area contributed by atoms with Crippen LogP contribution in [-0.4, -0.2) is 74.6 Å². The Hall–Kier alpha value is -5.00. The number of hydrogen-bond donors (Lipinski definition) is 3. The summed E-state index contributed by atoms with van der Waals surface area (Å²) < 4.78 is 12.1. The molecule has 0 aliphatic carbocycles. The standard InChI is InChI=1S/C27H30N8O4/c1-6-35(7-2)26(37)19-12-11-16(22(28)29)14-20(19)39-27-32-23-21(30-15(3)31-23)24(33-27)38-18-10-8-9-17(13-18)25(36)34(4)5/h8-14H,6-7H2,1-5H3,(H3,28,29)(H,30,31,32,33)/p+1. The number of amidine groups is 1. The van der Waals surface area contributed by atoms with Gasteiger partial charge >= 0.3 is 6.01 Å². The normalized spacial score (nSPS) is 10.8. The van der Waals surface area contributed by atoms with Gasteiger partial charge in [0.05, 0.1) is 11.1 Å². The van der Waals surface area contributed by atoms with Gasteiger partial charge in [0.15, 0.2) is 5.65 Å². The van der Waals surface area contributed by atoms with Gasteiger partial charge in [-0.2, -0.15) is 9.97 Å². The van der Waals surface area contributed by atoms with Crippen molar-refractivity contribution in [2.75, 3.05) is 27.2 Å². The molecule has 0 aliphatic rings. The number of aromatic amines is 1. The average Bonchev–Trinajstić information content (AvgIpc) is 3.29. The minimum Gasteiger partial charge on any atom is -0.437 e. The Morgan fingerprint density at radius 3 is 2.38 bits per heavy atom. The summed E-state index contributed by atoms with van der Waals surface area (Å²) in [5.41, 5.74) is 7.77. The molecule has 0 bridgehead atoms. The zero-order valence-corrected chi connectivity index (χ0v) is 22.5. The number of benzene rings is 2. The second-order valence-electron chi connectivity index (χ2n) is 8.91. The van der Waals surface area contributed by atoms with Gasteiger partial charge in [0.2, 0.25) is 0 Å². The van der Waals surface area contributed by atoms with Crippen LogP contribution >= 0.6 is 0 Å². The summed E-state index contributed by atoms with van der Waals surface area (Å²) in [6, 6.07) is 11.4. The van der Waals surface area contributed by atoms with E-state index in [2.05, 4.69) is 19.9 Å². The molecule has 0 saturated heterocycles. The highest BCUT2D eigenvalue weighted by molar-refractivity contribution is 6.00. The van der Waals surface area contributed by atoms with Gasteiger partial charge in [0.25, 0.3) is 23.5 Å². The number of imidazole rings is 1. The van der Waals surface area contributed by atoms with E-state index in [1.54, 1.807) is 68.4 Å². The molecule has 5 N–H and O–H groups in total. The summed E-state index contributed by atoms with van der Waals surface area (Å²) in [5.74, 6) is 0.936. The van der Waals surface area contributed by atoms with Crippen LogP contribution < -0.4 is 20.6 Å². The largest absolute Gasteiger partial charge is 0.437 e. The van der Waals surface area contributed by atoms with Gasteiger partial charge < -0.3 is 24.3 Å². The predicted octanol–water partition coefficient (Wildman–Crippen LogP) is 1.89. The molecule has 2 amide bonds. The number of H-pyrrole nitrogens is 1. The first-order valence-electron chi connectivity index (χ1n) is 12.3. The highest BCUT2D eigenvalue weighted by atomic mass is 16.5. The maximum Gasteiger partial charge on any atom is 0.327 e. The van der Waals surface area contributed by atoms with Crippen LogP contribution in [0, 0.1) is 6.92 Å². The van der Waals surface area contributed by atoms with Crippen LogP contribution in [0.1, 0.15) is 46.0 Å². The molecule has 202 valence electrons. The topological polar surface area (TPSA) is 165 Å². The van der Waals surface area contributed by atoms with Gasteiger partial charge in [-0.1, -0.05) is 6.07 Å². The monoisotopic (exact) mass is 531 g/mol. The molecule has 4 rings (SSSR count). The summed E-state index contributed by atoms with van der Waals surface area (Å²) in [6.45, 7) is 6.59. The molecule has 12 heteroatoms. The number of aryl methyl sites for hydroxylation is 1. The number of aromatic nitrogens is 4. The molecule has 0 saturated carbocycles. The quantitative estimate of drug-likeness (QED) is 0.218. The maximum atomic E-state index is 13.2. The molecule has 0 fully saturated rings. The molecule has 12 nitrogen and oxygen atoms in total. The number of carbonyl (C=O) groups is 2. The Morgan fingerprint density at radius 1 is 0.974 bits per heavy atom. The second-order valence-corrected chi connectivity index (χ2v) is 8.91. The molecule has 2 aromatic carbocycles. The Bertz CT molecular complexity index is 1560. The van der Waals surface area contributed by atoms with Crippen molar-refractivity contribution < 1.29 is 24.5 Å². The molecule has 0 radical (unpaired) electrons. The molecular weight excluding hydrogens is 500 g/mol. The molecule has 0 aliphatic heterocycles. The second kappa shape index (κ2) is 11.2. The molecule has 2 heterocycles. The van der Waals surface area contributed by atoms with Crippen molar-refractivity contribution in [2.45, 2.75) is 20.8 Å². The van der Waals surface area contributed by atoms with Gasteiger partial charge in [-0.3, -0.25) is 20.7 Å². The summed E-state index contributed by atoms with van der Waals surface area (Å²) in [4.78, 5) is 45.1. The van der Waals surface area contributed by atoms with E-state index < -0.39 is 0 Å².